The molecule has 0 aromatic heterocycles. The second-order valence-corrected chi connectivity index (χ2v) is 5.54. The van der Waals surface area contributed by atoms with E-state index in [4.69, 9.17) is 23.2 Å². The third-order valence-corrected chi connectivity index (χ3v) is 4.08. The summed E-state index contributed by atoms with van der Waals surface area (Å²) in [7, 11) is 0. The van der Waals surface area contributed by atoms with E-state index in [9.17, 15) is 0 Å². The van der Waals surface area contributed by atoms with Gasteiger partial charge in [-0.2, -0.15) is 0 Å². The lowest BCUT2D eigenvalue weighted by Gasteiger charge is -2.17. The summed E-state index contributed by atoms with van der Waals surface area (Å²) in [6, 6.07) is 8.00. The third-order valence-electron chi connectivity index (χ3n) is 3.28. The molecule has 0 N–H and O–H groups in total. The highest BCUT2D eigenvalue weighted by Crippen LogP contribution is 2.40. The minimum absolute atomic E-state index is 0.263. The van der Waals surface area contributed by atoms with Crippen LogP contribution in [0.4, 0.5) is 0 Å². The molecule has 0 heterocycles. The predicted octanol–water partition coefficient (Wildman–Crippen LogP) is 4.54. The van der Waals surface area contributed by atoms with Crippen molar-refractivity contribution >= 4 is 23.2 Å². The Morgan fingerprint density at radius 3 is 2.40 bits per heavy atom. The van der Waals surface area contributed by atoms with Gasteiger partial charge in [0, 0.05) is 10.4 Å². The van der Waals surface area contributed by atoms with Crippen molar-refractivity contribution in [1.29, 1.82) is 0 Å². The molecular weight excluding hydrogens is 227 g/mol. The molecule has 0 spiro atoms. The van der Waals surface area contributed by atoms with Gasteiger partial charge in [-0.15, -0.1) is 11.6 Å². The quantitative estimate of drug-likeness (QED) is 0.681. The fraction of sp³-hybridized carbons (Fsp3) is 0.538. The molecule has 0 nitrogen and oxygen atoms in total. The van der Waals surface area contributed by atoms with E-state index in [0.29, 0.717) is 5.92 Å². The van der Waals surface area contributed by atoms with E-state index in [1.807, 2.05) is 12.1 Å². The molecule has 1 saturated carbocycles. The van der Waals surface area contributed by atoms with Crippen molar-refractivity contribution in [3.8, 4) is 0 Å². The van der Waals surface area contributed by atoms with Crippen LogP contribution in [0.25, 0.3) is 0 Å². The van der Waals surface area contributed by atoms with Gasteiger partial charge in [0.2, 0.25) is 0 Å². The van der Waals surface area contributed by atoms with Crippen molar-refractivity contribution in [2.24, 2.45) is 11.8 Å². The maximum atomic E-state index is 6.41. The summed E-state index contributed by atoms with van der Waals surface area (Å²) in [6.07, 6.45) is 3.69. The van der Waals surface area contributed by atoms with Gasteiger partial charge in [0.25, 0.3) is 0 Å². The summed E-state index contributed by atoms with van der Waals surface area (Å²) in [5, 5.41) is 1.05. The minimum Gasteiger partial charge on any atom is -0.122 e. The summed E-state index contributed by atoms with van der Waals surface area (Å²) in [5.74, 6) is 1.52. The Morgan fingerprint density at radius 2 is 1.87 bits per heavy atom. The molecule has 2 unspecified atom stereocenters. The highest BCUT2D eigenvalue weighted by Gasteiger charge is 2.32. The van der Waals surface area contributed by atoms with Crippen LogP contribution >= 0.6 is 23.2 Å². The Balaban J connectivity index is 1.92. The number of hydrogen-bond donors (Lipinski definition) is 0. The van der Waals surface area contributed by atoms with Crippen LogP contribution in [-0.2, 0) is 6.42 Å². The number of rotatable bonds is 4. The second kappa shape index (κ2) is 4.76. The first-order valence-corrected chi connectivity index (χ1v) is 6.37. The fourth-order valence-electron chi connectivity index (χ4n) is 1.95. The first-order chi connectivity index (χ1) is 7.16. The molecule has 1 aliphatic rings. The van der Waals surface area contributed by atoms with Crippen LogP contribution in [0, 0.1) is 11.8 Å². The minimum atomic E-state index is 0.263. The second-order valence-electron chi connectivity index (χ2n) is 4.54. The predicted molar refractivity (Wildman–Crippen MR) is 66.7 cm³/mol. The zero-order chi connectivity index (χ0) is 10.8. The maximum Gasteiger partial charge on any atom is 0.0406 e. The Labute approximate surface area is 102 Å². The average Bonchev–Trinajstić information content (AvgIpc) is 3.04. The summed E-state index contributed by atoms with van der Waals surface area (Å²) in [5.41, 5.74) is 1.28. The highest BCUT2D eigenvalue weighted by atomic mass is 35.5. The Hall–Kier alpha value is -0.200. The van der Waals surface area contributed by atoms with Crippen molar-refractivity contribution in [2.45, 2.75) is 31.6 Å². The summed E-state index contributed by atoms with van der Waals surface area (Å²) in [4.78, 5) is 0. The molecule has 0 amide bonds. The number of alkyl halides is 1. The van der Waals surface area contributed by atoms with Gasteiger partial charge in [-0.3, -0.25) is 0 Å². The van der Waals surface area contributed by atoms with Crippen LogP contribution in [-0.4, -0.2) is 5.38 Å². The Morgan fingerprint density at radius 1 is 1.27 bits per heavy atom. The molecule has 0 saturated heterocycles. The van der Waals surface area contributed by atoms with Gasteiger partial charge in [0.15, 0.2) is 0 Å². The van der Waals surface area contributed by atoms with Crippen molar-refractivity contribution in [1.82, 2.24) is 0 Å². The smallest absolute Gasteiger partial charge is 0.0406 e. The zero-order valence-corrected chi connectivity index (χ0v) is 10.4. The van der Waals surface area contributed by atoms with Crippen LogP contribution in [0.3, 0.4) is 0 Å². The Kier molecular flexibility index (Phi) is 3.58. The molecule has 0 aliphatic heterocycles. The number of hydrogen-bond acceptors (Lipinski definition) is 0. The molecule has 2 rings (SSSR count). The summed E-state index contributed by atoms with van der Waals surface area (Å²) < 4.78 is 0. The van der Waals surface area contributed by atoms with Crippen molar-refractivity contribution in [2.75, 3.05) is 0 Å². The molecule has 2 atom stereocenters. The van der Waals surface area contributed by atoms with E-state index in [0.717, 1.165) is 17.4 Å². The molecular formula is C13H16Cl2. The van der Waals surface area contributed by atoms with Crippen molar-refractivity contribution in [3.63, 3.8) is 0 Å². The third kappa shape index (κ3) is 3.12. The van der Waals surface area contributed by atoms with Gasteiger partial charge in [0.05, 0.1) is 0 Å². The molecule has 15 heavy (non-hydrogen) atoms. The average molecular weight is 243 g/mol. The topological polar surface area (TPSA) is 0 Å². The molecule has 2 heteroatoms. The molecule has 0 bridgehead atoms. The van der Waals surface area contributed by atoms with Gasteiger partial charge in [-0.25, -0.2) is 0 Å². The van der Waals surface area contributed by atoms with Crippen molar-refractivity contribution in [3.05, 3.63) is 34.9 Å². The number of halogens is 2. The largest absolute Gasteiger partial charge is 0.122 e. The van der Waals surface area contributed by atoms with Gasteiger partial charge in [0.1, 0.15) is 0 Å². The zero-order valence-electron chi connectivity index (χ0n) is 8.92. The number of benzene rings is 1. The molecule has 1 aromatic carbocycles. The van der Waals surface area contributed by atoms with Crippen LogP contribution in [0.1, 0.15) is 25.3 Å². The lowest BCUT2D eigenvalue weighted by molar-refractivity contribution is 0.478. The lowest BCUT2D eigenvalue weighted by Crippen LogP contribution is -2.16. The van der Waals surface area contributed by atoms with Crippen molar-refractivity contribution < 1.29 is 0 Å². The van der Waals surface area contributed by atoms with E-state index >= 15 is 0 Å². The van der Waals surface area contributed by atoms with Crippen LogP contribution in [0.5, 0.6) is 0 Å². The fourth-order valence-corrected chi connectivity index (χ4v) is 2.46. The van der Waals surface area contributed by atoms with Gasteiger partial charge in [-0.05, 0) is 48.8 Å². The van der Waals surface area contributed by atoms with E-state index in [1.54, 1.807) is 0 Å². The summed E-state index contributed by atoms with van der Waals surface area (Å²) >= 11 is 12.2. The van der Waals surface area contributed by atoms with E-state index in [-0.39, 0.29) is 5.38 Å². The summed E-state index contributed by atoms with van der Waals surface area (Å²) in [6.45, 7) is 2.27. The molecule has 0 radical (unpaired) electrons. The van der Waals surface area contributed by atoms with Gasteiger partial charge in [-0.1, -0.05) is 30.7 Å². The first-order valence-electron chi connectivity index (χ1n) is 5.55. The van der Waals surface area contributed by atoms with E-state index in [2.05, 4.69) is 19.1 Å². The van der Waals surface area contributed by atoms with Gasteiger partial charge >= 0.3 is 0 Å². The molecule has 1 fully saturated rings. The highest BCUT2D eigenvalue weighted by molar-refractivity contribution is 6.30. The monoisotopic (exact) mass is 242 g/mol. The molecule has 1 aliphatic carbocycles. The lowest BCUT2D eigenvalue weighted by atomic mass is 9.96. The molecule has 82 valence electrons. The Bertz CT molecular complexity index is 314. The first kappa shape index (κ1) is 11.3. The normalized spacial score (nSPS) is 19.9. The van der Waals surface area contributed by atoms with Gasteiger partial charge < -0.3 is 0 Å². The standard InChI is InChI=1S/C13H16Cl2/c1-9(11-4-5-11)13(15)8-10-2-6-12(14)7-3-10/h2-3,6-7,9,11,13H,4-5,8H2,1H3. The van der Waals surface area contributed by atoms with Crippen LogP contribution in [0.2, 0.25) is 5.02 Å². The molecule has 1 aromatic rings. The van der Waals surface area contributed by atoms with Crippen LogP contribution < -0.4 is 0 Å². The van der Waals surface area contributed by atoms with E-state index in [1.165, 1.54) is 18.4 Å². The van der Waals surface area contributed by atoms with E-state index < -0.39 is 0 Å². The maximum absolute atomic E-state index is 6.41. The van der Waals surface area contributed by atoms with Crippen LogP contribution in [0.15, 0.2) is 24.3 Å². The SMILES string of the molecule is CC(C(Cl)Cc1ccc(Cl)cc1)C1CC1.